The molecular weight excluding hydrogens is 228 g/mol. The van der Waals surface area contributed by atoms with Crippen LogP contribution in [0.5, 0.6) is 0 Å². The summed E-state index contributed by atoms with van der Waals surface area (Å²) in [6, 6.07) is 5.80. The number of carbonyl (C=O) groups is 1. The van der Waals surface area contributed by atoms with Crippen molar-refractivity contribution in [3.63, 3.8) is 0 Å². The Morgan fingerprint density at radius 2 is 2.33 bits per heavy atom. The first-order valence-electron chi connectivity index (χ1n) is 6.12. The Kier molecular flexibility index (Phi) is 5.95. The van der Waals surface area contributed by atoms with E-state index >= 15 is 0 Å². The molecule has 0 fully saturated rings. The molecule has 1 amide bonds. The van der Waals surface area contributed by atoms with Crippen molar-refractivity contribution in [1.29, 1.82) is 5.26 Å². The van der Waals surface area contributed by atoms with E-state index in [1.165, 1.54) is 0 Å². The summed E-state index contributed by atoms with van der Waals surface area (Å²) in [5, 5.41) is 14.3. The Balaban J connectivity index is 2.44. The van der Waals surface area contributed by atoms with E-state index in [4.69, 9.17) is 5.26 Å². The van der Waals surface area contributed by atoms with Crippen molar-refractivity contribution in [2.45, 2.75) is 26.9 Å². The quantitative estimate of drug-likeness (QED) is 0.704. The van der Waals surface area contributed by atoms with Gasteiger partial charge in [0.15, 0.2) is 0 Å². The first kappa shape index (κ1) is 14.3. The van der Waals surface area contributed by atoms with Gasteiger partial charge in [-0.2, -0.15) is 5.26 Å². The monoisotopic (exact) mass is 248 g/mol. The largest absolute Gasteiger partial charge is 0.341 e. The molecule has 0 aliphatic carbocycles. The van der Waals surface area contributed by atoms with Crippen LogP contribution in [0, 0.1) is 17.2 Å². The lowest BCUT2D eigenvalue weighted by Crippen LogP contribution is -2.29. The molecule has 98 valence electrons. The molecule has 0 bridgehead atoms. The van der Waals surface area contributed by atoms with Crippen LogP contribution in [0.25, 0.3) is 0 Å². The molecule has 0 aliphatic rings. The fourth-order valence-corrected chi connectivity index (χ4v) is 1.60. The average molecular weight is 248 g/mol. The summed E-state index contributed by atoms with van der Waals surface area (Å²) >= 11 is 0. The minimum Gasteiger partial charge on any atom is -0.341 e. The minimum atomic E-state index is -0.141. The molecule has 1 aromatic heterocycles. The van der Waals surface area contributed by atoms with E-state index in [2.05, 4.69) is 24.5 Å². The molecular formula is C13H20N4O. The third kappa shape index (κ3) is 5.02. The molecule has 18 heavy (non-hydrogen) atoms. The van der Waals surface area contributed by atoms with E-state index in [0.29, 0.717) is 5.92 Å². The third-order valence-electron chi connectivity index (χ3n) is 2.46. The lowest BCUT2D eigenvalue weighted by Gasteiger charge is -2.11. The van der Waals surface area contributed by atoms with Crippen LogP contribution >= 0.6 is 0 Å². The van der Waals surface area contributed by atoms with Gasteiger partial charge in [0.25, 0.3) is 0 Å². The van der Waals surface area contributed by atoms with Crippen LogP contribution in [-0.4, -0.2) is 23.6 Å². The van der Waals surface area contributed by atoms with Gasteiger partial charge in [-0.3, -0.25) is 4.79 Å². The Hall–Kier alpha value is -1.80. The molecule has 0 radical (unpaired) electrons. The summed E-state index contributed by atoms with van der Waals surface area (Å²) in [4.78, 5) is 11.5. The normalized spacial score (nSPS) is 10.3. The SMILES string of the molecule is CC(C)CNCc1cccn1CC(=O)NCC#N. The molecule has 0 spiro atoms. The highest BCUT2D eigenvalue weighted by Crippen LogP contribution is 2.02. The second-order valence-corrected chi connectivity index (χ2v) is 4.59. The van der Waals surface area contributed by atoms with Crippen LogP contribution in [0.15, 0.2) is 18.3 Å². The average Bonchev–Trinajstić information content (AvgIpc) is 2.73. The van der Waals surface area contributed by atoms with E-state index in [-0.39, 0.29) is 19.0 Å². The van der Waals surface area contributed by atoms with Gasteiger partial charge < -0.3 is 15.2 Å². The van der Waals surface area contributed by atoms with E-state index in [1.54, 1.807) is 0 Å². The van der Waals surface area contributed by atoms with Crippen molar-refractivity contribution in [2.75, 3.05) is 13.1 Å². The van der Waals surface area contributed by atoms with Gasteiger partial charge in [-0.1, -0.05) is 13.8 Å². The predicted molar refractivity (Wildman–Crippen MR) is 69.6 cm³/mol. The molecule has 2 N–H and O–H groups in total. The second kappa shape index (κ2) is 7.51. The maximum atomic E-state index is 11.5. The van der Waals surface area contributed by atoms with Crippen LogP contribution in [0.1, 0.15) is 19.5 Å². The standard InChI is InChI=1S/C13H20N4O/c1-11(2)8-15-9-12-4-3-7-17(12)10-13(18)16-6-5-14/h3-4,7,11,15H,6,8-10H2,1-2H3,(H,16,18). The van der Waals surface area contributed by atoms with Crippen LogP contribution < -0.4 is 10.6 Å². The molecule has 0 aromatic carbocycles. The summed E-state index contributed by atoms with van der Waals surface area (Å²) in [5.74, 6) is 0.463. The molecule has 0 saturated heterocycles. The number of hydrogen-bond acceptors (Lipinski definition) is 3. The molecule has 1 heterocycles. The molecule has 0 aliphatic heterocycles. The Bertz CT molecular complexity index is 417. The second-order valence-electron chi connectivity index (χ2n) is 4.59. The van der Waals surface area contributed by atoms with Gasteiger partial charge in [0.1, 0.15) is 13.1 Å². The van der Waals surface area contributed by atoms with E-state index in [9.17, 15) is 4.79 Å². The maximum Gasteiger partial charge on any atom is 0.240 e. The first-order chi connectivity index (χ1) is 8.63. The van der Waals surface area contributed by atoms with Crippen molar-refractivity contribution in [3.05, 3.63) is 24.0 Å². The summed E-state index contributed by atoms with van der Waals surface area (Å²) < 4.78 is 1.89. The summed E-state index contributed by atoms with van der Waals surface area (Å²) in [5.41, 5.74) is 1.07. The first-order valence-corrected chi connectivity index (χ1v) is 6.12. The lowest BCUT2D eigenvalue weighted by atomic mass is 10.2. The fourth-order valence-electron chi connectivity index (χ4n) is 1.60. The molecule has 5 nitrogen and oxygen atoms in total. The predicted octanol–water partition coefficient (Wildman–Crippen LogP) is 0.873. The molecule has 0 saturated carbocycles. The van der Waals surface area contributed by atoms with Crippen molar-refractivity contribution in [3.8, 4) is 6.07 Å². The van der Waals surface area contributed by atoms with Gasteiger partial charge in [0.05, 0.1) is 6.07 Å². The zero-order chi connectivity index (χ0) is 13.4. The van der Waals surface area contributed by atoms with Gasteiger partial charge in [-0.05, 0) is 24.6 Å². The fraction of sp³-hybridized carbons (Fsp3) is 0.538. The Morgan fingerprint density at radius 3 is 3.00 bits per heavy atom. The van der Waals surface area contributed by atoms with E-state index in [1.807, 2.05) is 29.0 Å². The lowest BCUT2D eigenvalue weighted by molar-refractivity contribution is -0.121. The molecule has 5 heteroatoms. The maximum absolute atomic E-state index is 11.5. The van der Waals surface area contributed by atoms with E-state index < -0.39 is 0 Å². The molecule has 0 atom stereocenters. The minimum absolute atomic E-state index is 0.0566. The smallest absolute Gasteiger partial charge is 0.240 e. The summed E-state index contributed by atoms with van der Waals surface area (Å²) in [6.07, 6.45) is 1.87. The highest BCUT2D eigenvalue weighted by Gasteiger charge is 2.05. The summed E-state index contributed by atoms with van der Waals surface area (Å²) in [6.45, 7) is 6.32. The van der Waals surface area contributed by atoms with Crippen LogP contribution in [0.2, 0.25) is 0 Å². The highest BCUT2D eigenvalue weighted by molar-refractivity contribution is 5.76. The van der Waals surface area contributed by atoms with E-state index in [0.717, 1.165) is 18.8 Å². The number of amides is 1. The highest BCUT2D eigenvalue weighted by atomic mass is 16.1. The zero-order valence-electron chi connectivity index (χ0n) is 10.9. The van der Waals surface area contributed by atoms with Crippen molar-refractivity contribution in [1.82, 2.24) is 15.2 Å². The van der Waals surface area contributed by atoms with Crippen LogP contribution in [0.4, 0.5) is 0 Å². The molecule has 1 rings (SSSR count). The number of nitrogens with zero attached hydrogens (tertiary/aromatic N) is 2. The van der Waals surface area contributed by atoms with Crippen molar-refractivity contribution in [2.24, 2.45) is 5.92 Å². The van der Waals surface area contributed by atoms with Crippen molar-refractivity contribution < 1.29 is 4.79 Å². The van der Waals surface area contributed by atoms with Crippen LogP contribution in [-0.2, 0) is 17.9 Å². The number of nitrogens with one attached hydrogen (secondary N) is 2. The zero-order valence-corrected chi connectivity index (χ0v) is 10.9. The topological polar surface area (TPSA) is 69.8 Å². The van der Waals surface area contributed by atoms with Crippen LogP contribution in [0.3, 0.4) is 0 Å². The number of rotatable bonds is 7. The Labute approximate surface area is 108 Å². The number of aromatic nitrogens is 1. The number of hydrogen-bond donors (Lipinski definition) is 2. The Morgan fingerprint density at radius 1 is 1.56 bits per heavy atom. The third-order valence-corrected chi connectivity index (χ3v) is 2.46. The number of carbonyl (C=O) groups excluding carboxylic acids is 1. The van der Waals surface area contributed by atoms with Gasteiger partial charge in [0, 0.05) is 18.4 Å². The number of nitriles is 1. The molecule has 0 unspecified atom stereocenters. The molecule has 1 aromatic rings. The van der Waals surface area contributed by atoms with Crippen molar-refractivity contribution >= 4 is 5.91 Å². The van der Waals surface area contributed by atoms with Gasteiger partial charge in [-0.25, -0.2) is 0 Å². The summed E-state index contributed by atoms with van der Waals surface area (Å²) in [7, 11) is 0. The van der Waals surface area contributed by atoms with Gasteiger partial charge >= 0.3 is 0 Å². The van der Waals surface area contributed by atoms with Gasteiger partial charge in [-0.15, -0.1) is 0 Å². The van der Waals surface area contributed by atoms with Gasteiger partial charge in [0.2, 0.25) is 5.91 Å².